The van der Waals surface area contributed by atoms with Crippen molar-refractivity contribution in [1.29, 1.82) is 0 Å². The van der Waals surface area contributed by atoms with Crippen molar-refractivity contribution in [3.63, 3.8) is 0 Å². The van der Waals surface area contributed by atoms with Crippen LogP contribution in [0.3, 0.4) is 0 Å². The van der Waals surface area contributed by atoms with Crippen LogP contribution < -0.4 is 5.32 Å². The average molecular weight is 417 g/mol. The molecule has 1 aliphatic carbocycles. The van der Waals surface area contributed by atoms with Crippen LogP contribution in [0.15, 0.2) is 93.9 Å². The van der Waals surface area contributed by atoms with Crippen molar-refractivity contribution < 1.29 is 13.2 Å². The molecule has 3 aromatic rings. The summed E-state index contributed by atoms with van der Waals surface area (Å²) in [7, 11) is -3.94. The molecular formula is C24H20N2O3S. The second-order valence-corrected chi connectivity index (χ2v) is 8.80. The Labute approximate surface area is 175 Å². The predicted molar refractivity (Wildman–Crippen MR) is 119 cm³/mol. The van der Waals surface area contributed by atoms with Gasteiger partial charge in [-0.05, 0) is 49.8 Å². The van der Waals surface area contributed by atoms with Crippen molar-refractivity contribution in [3.05, 3.63) is 107 Å². The molecular weight excluding hydrogens is 396 g/mol. The minimum absolute atomic E-state index is 0.108. The lowest BCUT2D eigenvalue weighted by molar-refractivity contribution is 0.103. The van der Waals surface area contributed by atoms with Crippen LogP contribution >= 0.6 is 0 Å². The molecule has 4 rings (SSSR count). The summed E-state index contributed by atoms with van der Waals surface area (Å²) in [6, 6.07) is 21.0. The highest BCUT2D eigenvalue weighted by atomic mass is 32.2. The van der Waals surface area contributed by atoms with E-state index in [0.29, 0.717) is 11.1 Å². The van der Waals surface area contributed by atoms with Gasteiger partial charge < -0.3 is 5.32 Å². The van der Waals surface area contributed by atoms with E-state index in [1.807, 2.05) is 38.1 Å². The molecule has 5 nitrogen and oxygen atoms in total. The smallest absolute Gasteiger partial charge is 0.282 e. The number of benzene rings is 3. The Hall–Kier alpha value is -3.51. The monoisotopic (exact) mass is 416 g/mol. The lowest BCUT2D eigenvalue weighted by Gasteiger charge is -2.19. The predicted octanol–water partition coefficient (Wildman–Crippen LogP) is 4.67. The number of aryl methyl sites for hydroxylation is 2. The summed E-state index contributed by atoms with van der Waals surface area (Å²) in [5.74, 6) is -0.209. The second-order valence-electron chi connectivity index (χ2n) is 7.19. The van der Waals surface area contributed by atoms with Gasteiger partial charge in [-0.1, -0.05) is 54.1 Å². The Kier molecular flexibility index (Phi) is 5.10. The number of hydrogen-bond donors (Lipinski definition) is 1. The third-order valence-electron chi connectivity index (χ3n) is 4.81. The number of Topliss-reactive ketones (excluding diaryl/α,β-unsaturated/α-hetero) is 1. The van der Waals surface area contributed by atoms with Crippen molar-refractivity contribution >= 4 is 27.2 Å². The van der Waals surface area contributed by atoms with Crippen molar-refractivity contribution in [3.8, 4) is 0 Å². The number of rotatable bonds is 4. The van der Waals surface area contributed by atoms with Crippen molar-refractivity contribution in [2.45, 2.75) is 18.7 Å². The van der Waals surface area contributed by atoms with Gasteiger partial charge in [0.1, 0.15) is 0 Å². The standard InChI is InChI=1S/C24H20N2O3S/c1-16-10-12-19(13-11-16)30(28,29)26-22-15-23(25-18-7-5-6-17(2)14-18)24(27)21-9-4-3-8-20(21)22/h3-15,25H,1-2H3/b26-22-. The normalized spacial score (nSPS) is 14.9. The molecule has 0 saturated heterocycles. The molecule has 1 aliphatic rings. The molecule has 1 N–H and O–H groups in total. The second kappa shape index (κ2) is 7.72. The SMILES string of the molecule is Cc1ccc(S(=O)(=O)/N=C2/C=C(Nc3cccc(C)c3)C(=O)c3ccccc32)cc1. The minimum atomic E-state index is -3.94. The van der Waals surface area contributed by atoms with Gasteiger partial charge in [0.2, 0.25) is 5.78 Å². The third kappa shape index (κ3) is 3.95. The Morgan fingerprint density at radius 1 is 0.800 bits per heavy atom. The van der Waals surface area contributed by atoms with Gasteiger partial charge in [-0.15, -0.1) is 0 Å². The molecule has 0 radical (unpaired) electrons. The van der Waals surface area contributed by atoms with Crippen molar-refractivity contribution in [2.24, 2.45) is 4.40 Å². The number of carbonyl (C=O) groups is 1. The average Bonchev–Trinajstić information content (AvgIpc) is 2.72. The van der Waals surface area contributed by atoms with E-state index in [2.05, 4.69) is 9.71 Å². The zero-order valence-corrected chi connectivity index (χ0v) is 17.4. The lowest BCUT2D eigenvalue weighted by atomic mass is 9.92. The van der Waals surface area contributed by atoms with E-state index in [1.54, 1.807) is 36.4 Å². The zero-order chi connectivity index (χ0) is 21.3. The minimum Gasteiger partial charge on any atom is -0.352 e. The largest absolute Gasteiger partial charge is 0.352 e. The summed E-state index contributed by atoms with van der Waals surface area (Å²) < 4.78 is 29.9. The van der Waals surface area contributed by atoms with Crippen molar-refractivity contribution in [1.82, 2.24) is 0 Å². The van der Waals surface area contributed by atoms with Gasteiger partial charge in [0.15, 0.2) is 0 Å². The molecule has 6 heteroatoms. The highest BCUT2D eigenvalue weighted by Gasteiger charge is 2.26. The van der Waals surface area contributed by atoms with E-state index in [1.165, 1.54) is 18.2 Å². The van der Waals surface area contributed by atoms with Crippen LogP contribution in [0.25, 0.3) is 0 Å². The number of fused-ring (bicyclic) bond motifs is 1. The number of allylic oxidation sites excluding steroid dienone is 2. The van der Waals surface area contributed by atoms with Gasteiger partial charge in [-0.25, -0.2) is 0 Å². The summed E-state index contributed by atoms with van der Waals surface area (Å²) >= 11 is 0. The first-order valence-corrected chi connectivity index (χ1v) is 10.9. The van der Waals surface area contributed by atoms with Gasteiger partial charge in [0, 0.05) is 16.8 Å². The van der Waals surface area contributed by atoms with E-state index in [0.717, 1.165) is 16.8 Å². The van der Waals surface area contributed by atoms with Crippen LogP contribution in [0, 0.1) is 13.8 Å². The van der Waals surface area contributed by atoms with Crippen LogP contribution in [-0.4, -0.2) is 19.9 Å². The molecule has 0 bridgehead atoms. The molecule has 3 aromatic carbocycles. The highest BCUT2D eigenvalue weighted by Crippen LogP contribution is 2.25. The fourth-order valence-corrected chi connectivity index (χ4v) is 4.26. The zero-order valence-electron chi connectivity index (χ0n) is 16.6. The third-order valence-corrected chi connectivity index (χ3v) is 6.11. The first kappa shape index (κ1) is 19.8. The number of carbonyl (C=O) groups excluding carboxylic acids is 1. The summed E-state index contributed by atoms with van der Waals surface area (Å²) in [6.07, 6.45) is 1.50. The van der Waals surface area contributed by atoms with E-state index < -0.39 is 10.0 Å². The molecule has 0 spiro atoms. The molecule has 0 saturated carbocycles. The highest BCUT2D eigenvalue weighted by molar-refractivity contribution is 7.90. The van der Waals surface area contributed by atoms with Gasteiger partial charge in [0.25, 0.3) is 10.0 Å². The van der Waals surface area contributed by atoms with E-state index in [-0.39, 0.29) is 22.1 Å². The van der Waals surface area contributed by atoms with Gasteiger partial charge >= 0.3 is 0 Å². The number of nitrogens with one attached hydrogen (secondary N) is 1. The summed E-state index contributed by atoms with van der Waals surface area (Å²) in [5, 5.41) is 3.11. The molecule has 0 aliphatic heterocycles. The van der Waals surface area contributed by atoms with Crippen molar-refractivity contribution in [2.75, 3.05) is 5.32 Å². The summed E-state index contributed by atoms with van der Waals surface area (Å²) in [6.45, 7) is 3.84. The topological polar surface area (TPSA) is 75.6 Å². The van der Waals surface area contributed by atoms with Gasteiger partial charge in [0.05, 0.1) is 16.3 Å². The molecule has 0 aromatic heterocycles. The molecule has 0 fully saturated rings. The number of nitrogens with zero attached hydrogens (tertiary/aromatic N) is 1. The fourth-order valence-electron chi connectivity index (χ4n) is 3.27. The Bertz CT molecular complexity index is 1300. The van der Waals surface area contributed by atoms with Gasteiger partial charge in [-0.2, -0.15) is 12.8 Å². The molecule has 150 valence electrons. The van der Waals surface area contributed by atoms with Crippen LogP contribution in [0.1, 0.15) is 27.0 Å². The Morgan fingerprint density at radius 2 is 1.50 bits per heavy atom. The molecule has 30 heavy (non-hydrogen) atoms. The van der Waals surface area contributed by atoms with Crippen LogP contribution in [-0.2, 0) is 10.0 Å². The molecule has 0 heterocycles. The molecule has 0 amide bonds. The lowest BCUT2D eigenvalue weighted by Crippen LogP contribution is -2.22. The molecule has 0 atom stereocenters. The van der Waals surface area contributed by atoms with Crippen LogP contribution in [0.2, 0.25) is 0 Å². The number of anilines is 1. The quantitative estimate of drug-likeness (QED) is 0.670. The number of ketones is 1. The summed E-state index contributed by atoms with van der Waals surface area (Å²) in [4.78, 5) is 13.1. The maximum atomic E-state index is 13.0. The Morgan fingerprint density at radius 3 is 2.20 bits per heavy atom. The first-order chi connectivity index (χ1) is 14.3. The fraction of sp³-hybridized carbons (Fsp3) is 0.0833. The maximum absolute atomic E-state index is 13.0. The van der Waals surface area contributed by atoms with E-state index >= 15 is 0 Å². The first-order valence-electron chi connectivity index (χ1n) is 9.45. The maximum Gasteiger partial charge on any atom is 0.282 e. The Balaban J connectivity index is 1.81. The van der Waals surface area contributed by atoms with Crippen LogP contribution in [0.5, 0.6) is 0 Å². The van der Waals surface area contributed by atoms with E-state index in [9.17, 15) is 13.2 Å². The number of sulfonamides is 1. The van der Waals surface area contributed by atoms with Crippen LogP contribution in [0.4, 0.5) is 5.69 Å². The number of hydrogen-bond acceptors (Lipinski definition) is 4. The molecule has 0 unspecified atom stereocenters. The van der Waals surface area contributed by atoms with Gasteiger partial charge in [-0.3, -0.25) is 4.79 Å². The van der Waals surface area contributed by atoms with E-state index in [4.69, 9.17) is 0 Å². The summed E-state index contributed by atoms with van der Waals surface area (Å²) in [5.41, 5.74) is 4.15.